The van der Waals surface area contributed by atoms with E-state index in [1.54, 1.807) is 6.92 Å². The van der Waals surface area contributed by atoms with Gasteiger partial charge in [0.15, 0.2) is 5.69 Å². The van der Waals surface area contributed by atoms with E-state index in [0.717, 1.165) is 17.4 Å². The van der Waals surface area contributed by atoms with Crippen LogP contribution in [0.5, 0.6) is 0 Å². The molecule has 0 aliphatic heterocycles. The Kier molecular flexibility index (Phi) is 3.32. The number of aromatic nitrogens is 1. The number of benzene rings is 1. The molecule has 0 aliphatic carbocycles. The van der Waals surface area contributed by atoms with Gasteiger partial charge in [0.1, 0.15) is 0 Å². The largest absolute Gasteiger partial charge is 0.476 e. The molecule has 0 fully saturated rings. The van der Waals surface area contributed by atoms with Crippen molar-refractivity contribution < 1.29 is 23.1 Å². The standard InChI is InChI=1S/C12H8F3NO2S/c1-6-16-9(11(17)18)10(19-6)7-4-2-3-5-8(7)12(13,14)15/h2-5H,1H3,(H,17,18). The van der Waals surface area contributed by atoms with E-state index in [0.29, 0.717) is 5.01 Å². The monoisotopic (exact) mass is 287 g/mol. The lowest BCUT2D eigenvalue weighted by molar-refractivity contribution is -0.137. The Morgan fingerprint density at radius 1 is 1.32 bits per heavy atom. The van der Waals surface area contributed by atoms with Gasteiger partial charge in [0.2, 0.25) is 0 Å². The third-order valence-electron chi connectivity index (χ3n) is 2.41. The number of hydrogen-bond donors (Lipinski definition) is 1. The number of alkyl halides is 3. The maximum absolute atomic E-state index is 12.9. The van der Waals surface area contributed by atoms with Gasteiger partial charge in [-0.05, 0) is 13.0 Å². The predicted octanol–water partition coefficient (Wildman–Crippen LogP) is 3.84. The highest BCUT2D eigenvalue weighted by molar-refractivity contribution is 7.15. The molecule has 1 aromatic carbocycles. The summed E-state index contributed by atoms with van der Waals surface area (Å²) in [6.45, 7) is 1.55. The van der Waals surface area contributed by atoms with Crippen LogP contribution in [0.25, 0.3) is 10.4 Å². The van der Waals surface area contributed by atoms with Gasteiger partial charge in [-0.2, -0.15) is 13.2 Å². The second kappa shape index (κ2) is 4.65. The number of hydrogen-bond acceptors (Lipinski definition) is 3. The van der Waals surface area contributed by atoms with Gasteiger partial charge in [-0.25, -0.2) is 9.78 Å². The van der Waals surface area contributed by atoms with Crippen LogP contribution in [0.3, 0.4) is 0 Å². The van der Waals surface area contributed by atoms with Crippen molar-refractivity contribution in [2.75, 3.05) is 0 Å². The minimum Gasteiger partial charge on any atom is -0.476 e. The number of nitrogens with zero attached hydrogens (tertiary/aromatic N) is 1. The third-order valence-corrected chi connectivity index (χ3v) is 3.42. The maximum Gasteiger partial charge on any atom is 0.417 e. The Morgan fingerprint density at radius 3 is 2.53 bits per heavy atom. The van der Waals surface area contributed by atoms with Gasteiger partial charge < -0.3 is 5.11 Å². The van der Waals surface area contributed by atoms with Gasteiger partial charge in [0.05, 0.1) is 15.4 Å². The minimum absolute atomic E-state index is 0.0259. The van der Waals surface area contributed by atoms with Crippen LogP contribution in [-0.4, -0.2) is 16.1 Å². The third kappa shape index (κ3) is 2.60. The van der Waals surface area contributed by atoms with Crippen molar-refractivity contribution in [3.8, 4) is 10.4 Å². The Hall–Kier alpha value is -1.89. The molecule has 100 valence electrons. The van der Waals surface area contributed by atoms with Crippen molar-refractivity contribution in [2.45, 2.75) is 13.1 Å². The average Bonchev–Trinajstić information content (AvgIpc) is 2.70. The molecular formula is C12H8F3NO2S. The number of carbonyl (C=O) groups is 1. The number of carboxylic acid groups (broad SMARTS) is 1. The highest BCUT2D eigenvalue weighted by Crippen LogP contribution is 2.40. The first-order valence-corrected chi connectivity index (χ1v) is 5.99. The van der Waals surface area contributed by atoms with Crippen LogP contribution in [0.2, 0.25) is 0 Å². The number of aryl methyl sites for hydroxylation is 1. The lowest BCUT2D eigenvalue weighted by Gasteiger charge is -2.11. The molecule has 3 nitrogen and oxygen atoms in total. The van der Waals surface area contributed by atoms with Gasteiger partial charge in [-0.15, -0.1) is 11.3 Å². The fourth-order valence-electron chi connectivity index (χ4n) is 1.68. The summed E-state index contributed by atoms with van der Waals surface area (Å²) in [4.78, 5) is 14.8. The van der Waals surface area contributed by atoms with Crippen molar-refractivity contribution in [3.05, 3.63) is 40.5 Å². The van der Waals surface area contributed by atoms with Crippen molar-refractivity contribution >= 4 is 17.3 Å². The highest BCUT2D eigenvalue weighted by Gasteiger charge is 2.35. The molecule has 1 aromatic heterocycles. The summed E-state index contributed by atoms with van der Waals surface area (Å²) in [5.41, 5.74) is -1.36. The molecule has 0 unspecified atom stereocenters. The van der Waals surface area contributed by atoms with Gasteiger partial charge in [-0.3, -0.25) is 0 Å². The molecule has 0 spiro atoms. The van der Waals surface area contributed by atoms with E-state index in [1.807, 2.05) is 0 Å². The van der Waals surface area contributed by atoms with Gasteiger partial charge in [0.25, 0.3) is 0 Å². The topological polar surface area (TPSA) is 50.2 Å². The molecule has 2 rings (SSSR count). The molecule has 1 heterocycles. The fourth-order valence-corrected chi connectivity index (χ4v) is 2.63. The zero-order valence-electron chi connectivity index (χ0n) is 9.65. The first-order chi connectivity index (χ1) is 8.80. The lowest BCUT2D eigenvalue weighted by atomic mass is 10.0. The first kappa shape index (κ1) is 13.5. The normalized spacial score (nSPS) is 11.6. The number of thiazole rings is 1. The summed E-state index contributed by atoms with van der Waals surface area (Å²) in [5, 5.41) is 9.40. The Morgan fingerprint density at radius 2 is 1.95 bits per heavy atom. The van der Waals surface area contributed by atoms with Crippen molar-refractivity contribution in [1.29, 1.82) is 0 Å². The second-order valence-corrected chi connectivity index (χ2v) is 4.96. The molecular weight excluding hydrogens is 279 g/mol. The zero-order chi connectivity index (χ0) is 14.2. The predicted molar refractivity (Wildman–Crippen MR) is 64.2 cm³/mol. The fraction of sp³-hybridized carbons (Fsp3) is 0.167. The quantitative estimate of drug-likeness (QED) is 0.913. The second-order valence-electron chi connectivity index (χ2n) is 3.76. The number of rotatable bonds is 2. The molecule has 0 saturated carbocycles. The van der Waals surface area contributed by atoms with E-state index >= 15 is 0 Å². The Bertz CT molecular complexity index is 634. The lowest BCUT2D eigenvalue weighted by Crippen LogP contribution is -2.08. The Labute approximate surface area is 110 Å². The van der Waals surface area contributed by atoms with Crippen LogP contribution >= 0.6 is 11.3 Å². The molecule has 0 aliphatic rings. The van der Waals surface area contributed by atoms with E-state index in [-0.39, 0.29) is 16.1 Å². The number of halogens is 3. The van der Waals surface area contributed by atoms with Crippen molar-refractivity contribution in [3.63, 3.8) is 0 Å². The summed E-state index contributed by atoms with van der Waals surface area (Å²) in [6, 6.07) is 4.88. The molecule has 0 radical (unpaired) electrons. The zero-order valence-corrected chi connectivity index (χ0v) is 10.5. The van der Waals surface area contributed by atoms with Gasteiger partial charge >= 0.3 is 12.1 Å². The number of aromatic carboxylic acids is 1. The summed E-state index contributed by atoms with van der Waals surface area (Å²) in [6.07, 6.45) is -4.54. The van der Waals surface area contributed by atoms with Crippen LogP contribution in [0, 0.1) is 6.92 Å². The minimum atomic E-state index is -4.54. The smallest absolute Gasteiger partial charge is 0.417 e. The SMILES string of the molecule is Cc1nc(C(=O)O)c(-c2ccccc2C(F)(F)F)s1. The first-order valence-electron chi connectivity index (χ1n) is 5.18. The van der Waals surface area contributed by atoms with Crippen LogP contribution in [0.1, 0.15) is 21.1 Å². The highest BCUT2D eigenvalue weighted by atomic mass is 32.1. The van der Waals surface area contributed by atoms with Crippen LogP contribution in [0.4, 0.5) is 13.2 Å². The summed E-state index contributed by atoms with van der Waals surface area (Å²) in [5.74, 6) is -1.34. The van der Waals surface area contributed by atoms with Crippen molar-refractivity contribution in [1.82, 2.24) is 4.98 Å². The summed E-state index contributed by atoms with van der Waals surface area (Å²) >= 11 is 0.934. The van der Waals surface area contributed by atoms with E-state index in [9.17, 15) is 18.0 Å². The molecule has 0 saturated heterocycles. The molecule has 2 aromatic rings. The van der Waals surface area contributed by atoms with E-state index in [1.165, 1.54) is 18.2 Å². The Balaban J connectivity index is 2.70. The molecule has 0 amide bonds. The van der Waals surface area contributed by atoms with Crippen LogP contribution < -0.4 is 0 Å². The van der Waals surface area contributed by atoms with Crippen LogP contribution in [0.15, 0.2) is 24.3 Å². The molecule has 1 N–H and O–H groups in total. The van der Waals surface area contributed by atoms with Gasteiger partial charge in [0, 0.05) is 5.56 Å². The molecule has 7 heteroatoms. The molecule has 0 bridgehead atoms. The van der Waals surface area contributed by atoms with E-state index in [4.69, 9.17) is 5.11 Å². The van der Waals surface area contributed by atoms with Crippen LogP contribution in [-0.2, 0) is 6.18 Å². The van der Waals surface area contributed by atoms with E-state index < -0.39 is 17.7 Å². The number of carboxylic acids is 1. The summed E-state index contributed by atoms with van der Waals surface area (Å²) in [7, 11) is 0. The maximum atomic E-state index is 12.9. The average molecular weight is 287 g/mol. The summed E-state index contributed by atoms with van der Waals surface area (Å²) < 4.78 is 38.7. The molecule has 0 atom stereocenters. The molecule has 19 heavy (non-hydrogen) atoms. The van der Waals surface area contributed by atoms with Crippen molar-refractivity contribution in [2.24, 2.45) is 0 Å². The van der Waals surface area contributed by atoms with Gasteiger partial charge in [-0.1, -0.05) is 18.2 Å². The van der Waals surface area contributed by atoms with E-state index in [2.05, 4.69) is 4.98 Å².